The first-order valence-corrected chi connectivity index (χ1v) is 7.01. The van der Waals surface area contributed by atoms with E-state index >= 15 is 0 Å². The molecule has 5 heteroatoms. The Bertz CT molecular complexity index is 387. The maximum absolute atomic E-state index is 9.01. The van der Waals surface area contributed by atoms with Gasteiger partial charge in [-0.1, -0.05) is 5.16 Å². The molecule has 1 aliphatic carbocycles. The highest BCUT2D eigenvalue weighted by Crippen LogP contribution is 2.38. The highest BCUT2D eigenvalue weighted by molar-refractivity contribution is 5.03. The molecule has 5 nitrogen and oxygen atoms in total. The summed E-state index contributed by atoms with van der Waals surface area (Å²) in [5.74, 6) is 2.83. The van der Waals surface area contributed by atoms with Crippen LogP contribution in [0.3, 0.4) is 0 Å². The Morgan fingerprint density at radius 2 is 2.22 bits per heavy atom. The third-order valence-corrected chi connectivity index (χ3v) is 3.93. The van der Waals surface area contributed by atoms with E-state index in [-0.39, 0.29) is 0 Å². The fourth-order valence-corrected chi connectivity index (χ4v) is 2.74. The molecule has 1 saturated heterocycles. The summed E-state index contributed by atoms with van der Waals surface area (Å²) in [6.45, 7) is 3.21. The lowest BCUT2D eigenvalue weighted by molar-refractivity contribution is 0.130. The maximum Gasteiger partial charge on any atom is 0.240 e. The molecule has 0 amide bonds. The highest BCUT2D eigenvalue weighted by atomic mass is 16.5. The van der Waals surface area contributed by atoms with Crippen LogP contribution in [-0.4, -0.2) is 39.8 Å². The van der Waals surface area contributed by atoms with E-state index in [0.29, 0.717) is 18.4 Å². The average Bonchev–Trinajstić information content (AvgIpc) is 3.12. The Labute approximate surface area is 107 Å². The topological polar surface area (TPSA) is 62.4 Å². The third kappa shape index (κ3) is 2.90. The molecule has 1 aromatic rings. The van der Waals surface area contributed by atoms with Crippen molar-refractivity contribution in [3.63, 3.8) is 0 Å². The standard InChI is InChI=1S/C13H21N3O2/c17-7-5-10-2-1-6-16(8-10)9-12-14-13(15-18-12)11-3-4-11/h10-11,17H,1-9H2. The number of aromatic nitrogens is 2. The molecule has 0 aromatic carbocycles. The molecule has 1 N–H and O–H groups in total. The van der Waals surface area contributed by atoms with Crippen LogP contribution in [0.2, 0.25) is 0 Å². The predicted octanol–water partition coefficient (Wildman–Crippen LogP) is 1.54. The molecule has 0 bridgehead atoms. The maximum atomic E-state index is 9.01. The zero-order chi connectivity index (χ0) is 12.4. The van der Waals surface area contributed by atoms with Gasteiger partial charge in [0.1, 0.15) is 0 Å². The van der Waals surface area contributed by atoms with Gasteiger partial charge in [-0.3, -0.25) is 4.90 Å². The Morgan fingerprint density at radius 1 is 1.33 bits per heavy atom. The van der Waals surface area contributed by atoms with Crippen molar-refractivity contribution in [3.8, 4) is 0 Å². The van der Waals surface area contributed by atoms with E-state index in [1.54, 1.807) is 0 Å². The summed E-state index contributed by atoms with van der Waals surface area (Å²) >= 11 is 0. The molecule has 1 atom stereocenters. The van der Waals surface area contributed by atoms with Crippen molar-refractivity contribution in [3.05, 3.63) is 11.7 Å². The van der Waals surface area contributed by atoms with E-state index in [1.165, 1.54) is 25.7 Å². The molecule has 0 radical (unpaired) electrons. The molecule has 100 valence electrons. The molecule has 2 fully saturated rings. The Hall–Kier alpha value is -0.940. The van der Waals surface area contributed by atoms with Crippen LogP contribution >= 0.6 is 0 Å². The van der Waals surface area contributed by atoms with Gasteiger partial charge in [0.2, 0.25) is 5.89 Å². The predicted molar refractivity (Wildman–Crippen MR) is 66.0 cm³/mol. The minimum absolute atomic E-state index is 0.297. The summed E-state index contributed by atoms with van der Waals surface area (Å²) in [6, 6.07) is 0. The number of hydrogen-bond donors (Lipinski definition) is 1. The third-order valence-electron chi connectivity index (χ3n) is 3.93. The van der Waals surface area contributed by atoms with Crippen molar-refractivity contribution >= 4 is 0 Å². The smallest absolute Gasteiger partial charge is 0.240 e. The van der Waals surface area contributed by atoms with Gasteiger partial charge in [0.25, 0.3) is 0 Å². The van der Waals surface area contributed by atoms with E-state index < -0.39 is 0 Å². The molecule has 1 aromatic heterocycles. The molecular formula is C13H21N3O2. The van der Waals surface area contributed by atoms with Gasteiger partial charge in [0.05, 0.1) is 6.54 Å². The summed E-state index contributed by atoms with van der Waals surface area (Å²) in [4.78, 5) is 6.84. The monoisotopic (exact) mass is 251 g/mol. The number of hydrogen-bond acceptors (Lipinski definition) is 5. The van der Waals surface area contributed by atoms with Crippen LogP contribution in [0.15, 0.2) is 4.52 Å². The normalized spacial score (nSPS) is 25.5. The van der Waals surface area contributed by atoms with Crippen molar-refractivity contribution in [2.75, 3.05) is 19.7 Å². The van der Waals surface area contributed by atoms with E-state index in [4.69, 9.17) is 9.63 Å². The van der Waals surface area contributed by atoms with E-state index in [9.17, 15) is 0 Å². The van der Waals surface area contributed by atoms with Crippen LogP contribution in [0.1, 0.15) is 49.7 Å². The van der Waals surface area contributed by atoms with Crippen LogP contribution in [0.5, 0.6) is 0 Å². The molecule has 1 aliphatic heterocycles. The van der Waals surface area contributed by atoms with Gasteiger partial charge in [-0.25, -0.2) is 0 Å². The number of rotatable bonds is 5. The fourth-order valence-electron chi connectivity index (χ4n) is 2.74. The number of nitrogens with zero attached hydrogens (tertiary/aromatic N) is 3. The number of aliphatic hydroxyl groups is 1. The second-order valence-electron chi connectivity index (χ2n) is 5.58. The minimum atomic E-state index is 0.297. The molecule has 3 rings (SSSR count). The second kappa shape index (κ2) is 5.36. The van der Waals surface area contributed by atoms with Gasteiger partial charge in [-0.05, 0) is 44.6 Å². The lowest BCUT2D eigenvalue weighted by Gasteiger charge is -2.31. The highest BCUT2D eigenvalue weighted by Gasteiger charge is 2.29. The average molecular weight is 251 g/mol. The van der Waals surface area contributed by atoms with Crippen molar-refractivity contribution in [2.24, 2.45) is 5.92 Å². The lowest BCUT2D eigenvalue weighted by atomic mass is 9.95. The summed E-state index contributed by atoms with van der Waals surface area (Å²) < 4.78 is 5.31. The second-order valence-corrected chi connectivity index (χ2v) is 5.58. The molecule has 18 heavy (non-hydrogen) atoms. The lowest BCUT2D eigenvalue weighted by Crippen LogP contribution is -2.35. The molecule has 1 unspecified atom stereocenters. The van der Waals surface area contributed by atoms with E-state index in [1.807, 2.05) is 0 Å². The number of aliphatic hydroxyl groups excluding tert-OH is 1. The van der Waals surface area contributed by atoms with Crippen LogP contribution in [-0.2, 0) is 6.54 Å². The zero-order valence-corrected chi connectivity index (χ0v) is 10.7. The first kappa shape index (κ1) is 12.1. The zero-order valence-electron chi connectivity index (χ0n) is 10.7. The van der Waals surface area contributed by atoms with Gasteiger partial charge in [-0.2, -0.15) is 4.98 Å². The van der Waals surface area contributed by atoms with Gasteiger partial charge in [0.15, 0.2) is 5.82 Å². The van der Waals surface area contributed by atoms with Crippen molar-refractivity contribution in [1.82, 2.24) is 15.0 Å². The van der Waals surface area contributed by atoms with Crippen molar-refractivity contribution in [1.29, 1.82) is 0 Å². The number of piperidine rings is 1. The SMILES string of the molecule is OCCC1CCCN(Cc2nc(C3CC3)no2)C1. The molecule has 2 heterocycles. The van der Waals surface area contributed by atoms with Gasteiger partial charge in [0, 0.05) is 19.1 Å². The van der Waals surface area contributed by atoms with Gasteiger partial charge >= 0.3 is 0 Å². The summed E-state index contributed by atoms with van der Waals surface area (Å²) in [6.07, 6.45) is 5.76. The largest absolute Gasteiger partial charge is 0.396 e. The Kier molecular flexibility index (Phi) is 3.61. The van der Waals surface area contributed by atoms with Crippen LogP contribution < -0.4 is 0 Å². The van der Waals surface area contributed by atoms with Gasteiger partial charge < -0.3 is 9.63 Å². The van der Waals surface area contributed by atoms with Crippen LogP contribution in [0.25, 0.3) is 0 Å². The van der Waals surface area contributed by atoms with E-state index in [0.717, 1.165) is 37.8 Å². The first-order valence-electron chi connectivity index (χ1n) is 7.01. The molecule has 0 spiro atoms. The number of likely N-dealkylation sites (tertiary alicyclic amines) is 1. The van der Waals surface area contributed by atoms with E-state index in [2.05, 4.69) is 15.0 Å². The summed E-state index contributed by atoms with van der Waals surface area (Å²) in [7, 11) is 0. The summed E-state index contributed by atoms with van der Waals surface area (Å²) in [5, 5.41) is 13.1. The van der Waals surface area contributed by atoms with Crippen molar-refractivity contribution in [2.45, 2.75) is 44.6 Å². The Morgan fingerprint density at radius 3 is 3.00 bits per heavy atom. The van der Waals surface area contributed by atoms with Gasteiger partial charge in [-0.15, -0.1) is 0 Å². The van der Waals surface area contributed by atoms with Crippen LogP contribution in [0, 0.1) is 5.92 Å². The quantitative estimate of drug-likeness (QED) is 0.860. The minimum Gasteiger partial charge on any atom is -0.396 e. The Balaban J connectivity index is 1.54. The van der Waals surface area contributed by atoms with Crippen molar-refractivity contribution < 1.29 is 9.63 Å². The fraction of sp³-hybridized carbons (Fsp3) is 0.846. The first-order chi connectivity index (χ1) is 8.85. The molecule has 2 aliphatic rings. The van der Waals surface area contributed by atoms with Crippen LogP contribution in [0.4, 0.5) is 0 Å². The molecule has 1 saturated carbocycles. The molecular weight excluding hydrogens is 230 g/mol. The summed E-state index contributed by atoms with van der Waals surface area (Å²) in [5.41, 5.74) is 0.